The number of carbonyl (C=O) groups is 3. The molecule has 0 bridgehead atoms. The van der Waals surface area contributed by atoms with Crippen molar-refractivity contribution in [2.45, 2.75) is 38.6 Å². The predicted molar refractivity (Wildman–Crippen MR) is 94.7 cm³/mol. The number of anilines is 1. The van der Waals surface area contributed by atoms with Gasteiger partial charge in [0.25, 0.3) is 5.91 Å². The molecule has 1 fully saturated rings. The maximum atomic E-state index is 12.6. The van der Waals surface area contributed by atoms with Gasteiger partial charge in [0.15, 0.2) is 11.5 Å². The first-order chi connectivity index (χ1) is 12.3. The molecule has 0 aromatic heterocycles. The smallest absolute Gasteiger partial charge is 0.306 e. The number of methoxy groups -OCH3 is 2. The fourth-order valence-electron chi connectivity index (χ4n) is 3.13. The van der Waals surface area contributed by atoms with Gasteiger partial charge in [-0.05, 0) is 37.8 Å². The molecule has 0 spiro atoms. The van der Waals surface area contributed by atoms with Gasteiger partial charge in [0.1, 0.15) is 0 Å². The van der Waals surface area contributed by atoms with Gasteiger partial charge in [0.2, 0.25) is 5.91 Å². The highest BCUT2D eigenvalue weighted by atomic mass is 16.5. The number of amides is 2. The summed E-state index contributed by atoms with van der Waals surface area (Å²) in [5.41, 5.74) is 0.672. The van der Waals surface area contributed by atoms with E-state index in [1.54, 1.807) is 6.07 Å². The molecule has 8 nitrogen and oxygen atoms in total. The first-order valence-electron chi connectivity index (χ1n) is 8.43. The van der Waals surface area contributed by atoms with Gasteiger partial charge in [-0.2, -0.15) is 0 Å². The summed E-state index contributed by atoms with van der Waals surface area (Å²) < 4.78 is 10.5. The zero-order valence-electron chi connectivity index (χ0n) is 15.1. The summed E-state index contributed by atoms with van der Waals surface area (Å²) in [6.45, 7) is 1.36. The van der Waals surface area contributed by atoms with Gasteiger partial charge < -0.3 is 25.2 Å². The molecule has 8 heteroatoms. The SMILES string of the molecule is COc1cc(C(=O)NC2CCC(C(=O)O)CC2)cc(NC(C)=O)c1OC. The lowest BCUT2D eigenvalue weighted by Crippen LogP contribution is -2.38. The van der Waals surface area contributed by atoms with Crippen LogP contribution in [0.25, 0.3) is 0 Å². The summed E-state index contributed by atoms with van der Waals surface area (Å²) in [5.74, 6) is -1.06. The lowest BCUT2D eigenvalue weighted by Gasteiger charge is -2.27. The van der Waals surface area contributed by atoms with Crippen LogP contribution in [0.15, 0.2) is 12.1 Å². The average Bonchev–Trinajstić information content (AvgIpc) is 2.60. The molecule has 142 valence electrons. The Kier molecular flexibility index (Phi) is 6.43. The molecule has 0 unspecified atom stereocenters. The highest BCUT2D eigenvalue weighted by Crippen LogP contribution is 2.36. The van der Waals surface area contributed by atoms with Crippen molar-refractivity contribution >= 4 is 23.5 Å². The van der Waals surface area contributed by atoms with Crippen LogP contribution < -0.4 is 20.1 Å². The summed E-state index contributed by atoms with van der Waals surface area (Å²) in [6, 6.07) is 3.00. The maximum Gasteiger partial charge on any atom is 0.306 e. The quantitative estimate of drug-likeness (QED) is 0.712. The van der Waals surface area contributed by atoms with Crippen LogP contribution in [0.2, 0.25) is 0 Å². The Balaban J connectivity index is 2.15. The predicted octanol–water partition coefficient (Wildman–Crippen LogP) is 2.04. The first-order valence-corrected chi connectivity index (χ1v) is 8.43. The van der Waals surface area contributed by atoms with Gasteiger partial charge in [-0.25, -0.2) is 0 Å². The molecule has 1 aromatic rings. The normalized spacial score (nSPS) is 19.3. The summed E-state index contributed by atoms with van der Waals surface area (Å²) in [4.78, 5) is 35.0. The Morgan fingerprint density at radius 2 is 1.73 bits per heavy atom. The molecule has 1 aliphatic carbocycles. The lowest BCUT2D eigenvalue weighted by molar-refractivity contribution is -0.142. The Morgan fingerprint density at radius 3 is 2.23 bits per heavy atom. The maximum absolute atomic E-state index is 12.6. The molecular formula is C18H24N2O6. The van der Waals surface area contributed by atoms with E-state index in [2.05, 4.69) is 10.6 Å². The van der Waals surface area contributed by atoms with Crippen LogP contribution in [0, 0.1) is 5.92 Å². The zero-order valence-corrected chi connectivity index (χ0v) is 15.1. The number of aliphatic carboxylic acids is 1. The Labute approximate surface area is 151 Å². The molecule has 0 heterocycles. The number of carboxylic acids is 1. The Morgan fingerprint density at radius 1 is 1.08 bits per heavy atom. The van der Waals surface area contributed by atoms with Crippen molar-refractivity contribution in [2.24, 2.45) is 5.92 Å². The fraction of sp³-hybridized carbons (Fsp3) is 0.500. The topological polar surface area (TPSA) is 114 Å². The van der Waals surface area contributed by atoms with E-state index >= 15 is 0 Å². The van der Waals surface area contributed by atoms with E-state index in [0.29, 0.717) is 48.4 Å². The minimum atomic E-state index is -0.783. The third kappa shape index (κ3) is 4.65. The van der Waals surface area contributed by atoms with Crippen LogP contribution >= 0.6 is 0 Å². The monoisotopic (exact) mass is 364 g/mol. The number of nitrogens with one attached hydrogen (secondary N) is 2. The minimum absolute atomic E-state index is 0.0737. The third-order valence-electron chi connectivity index (χ3n) is 4.46. The van der Waals surface area contributed by atoms with E-state index in [4.69, 9.17) is 14.6 Å². The average molecular weight is 364 g/mol. The van der Waals surface area contributed by atoms with E-state index in [1.807, 2.05) is 0 Å². The summed E-state index contributed by atoms with van der Waals surface area (Å²) in [7, 11) is 2.90. The standard InChI is InChI=1S/C18H24N2O6/c1-10(21)19-14-8-12(9-15(25-2)16(14)26-3)17(22)20-13-6-4-11(5-7-13)18(23)24/h8-9,11,13H,4-7H2,1-3H3,(H,19,21)(H,20,22)(H,23,24). The van der Waals surface area contributed by atoms with Gasteiger partial charge in [-0.1, -0.05) is 0 Å². The third-order valence-corrected chi connectivity index (χ3v) is 4.46. The van der Waals surface area contributed by atoms with Crippen molar-refractivity contribution < 1.29 is 29.0 Å². The molecule has 1 aromatic carbocycles. The van der Waals surface area contributed by atoms with Gasteiger partial charge in [0.05, 0.1) is 25.8 Å². The van der Waals surface area contributed by atoms with Crippen molar-refractivity contribution in [3.8, 4) is 11.5 Å². The van der Waals surface area contributed by atoms with Crippen molar-refractivity contribution in [3.05, 3.63) is 17.7 Å². The number of benzene rings is 1. The summed E-state index contributed by atoms with van der Waals surface area (Å²) in [6.07, 6.45) is 2.33. The molecule has 2 amide bonds. The second-order valence-corrected chi connectivity index (χ2v) is 6.30. The molecule has 3 N–H and O–H groups in total. The van der Waals surface area contributed by atoms with Crippen LogP contribution in [0.4, 0.5) is 5.69 Å². The molecule has 2 rings (SSSR count). The van der Waals surface area contributed by atoms with Crippen molar-refractivity contribution in [2.75, 3.05) is 19.5 Å². The van der Waals surface area contributed by atoms with E-state index in [0.717, 1.165) is 0 Å². The van der Waals surface area contributed by atoms with Crippen molar-refractivity contribution in [1.82, 2.24) is 5.32 Å². The second kappa shape index (κ2) is 8.55. The van der Waals surface area contributed by atoms with Gasteiger partial charge >= 0.3 is 5.97 Å². The summed E-state index contributed by atoms with van der Waals surface area (Å²) in [5, 5.41) is 14.6. The van der Waals surface area contributed by atoms with E-state index in [9.17, 15) is 14.4 Å². The number of carboxylic acid groups (broad SMARTS) is 1. The number of carbonyl (C=O) groups excluding carboxylic acids is 2. The molecular weight excluding hydrogens is 340 g/mol. The number of hydrogen-bond donors (Lipinski definition) is 3. The Bertz CT molecular complexity index is 695. The molecule has 0 radical (unpaired) electrons. The van der Waals surface area contributed by atoms with Crippen LogP contribution in [0.5, 0.6) is 11.5 Å². The van der Waals surface area contributed by atoms with Crippen molar-refractivity contribution in [3.63, 3.8) is 0 Å². The van der Waals surface area contributed by atoms with E-state index < -0.39 is 5.97 Å². The Hall–Kier alpha value is -2.77. The first kappa shape index (κ1) is 19.6. The highest BCUT2D eigenvalue weighted by Gasteiger charge is 2.27. The zero-order chi connectivity index (χ0) is 19.3. The summed E-state index contributed by atoms with van der Waals surface area (Å²) >= 11 is 0. The molecule has 26 heavy (non-hydrogen) atoms. The van der Waals surface area contributed by atoms with Gasteiger partial charge in [-0.3, -0.25) is 14.4 Å². The van der Waals surface area contributed by atoms with Crippen molar-refractivity contribution in [1.29, 1.82) is 0 Å². The molecule has 0 atom stereocenters. The fourth-order valence-corrected chi connectivity index (χ4v) is 3.13. The molecule has 1 aliphatic rings. The highest BCUT2D eigenvalue weighted by molar-refractivity contribution is 5.99. The van der Waals surface area contributed by atoms with Gasteiger partial charge in [0, 0.05) is 18.5 Å². The van der Waals surface area contributed by atoms with Crippen LogP contribution in [0.3, 0.4) is 0 Å². The number of hydrogen-bond acceptors (Lipinski definition) is 5. The number of rotatable bonds is 6. The van der Waals surface area contributed by atoms with Gasteiger partial charge in [-0.15, -0.1) is 0 Å². The largest absolute Gasteiger partial charge is 0.493 e. The second-order valence-electron chi connectivity index (χ2n) is 6.30. The lowest BCUT2D eigenvalue weighted by atomic mass is 9.86. The van der Waals surface area contributed by atoms with E-state index in [-0.39, 0.29) is 23.8 Å². The van der Waals surface area contributed by atoms with E-state index in [1.165, 1.54) is 27.2 Å². The molecule has 0 saturated heterocycles. The molecule has 1 saturated carbocycles. The molecule has 0 aliphatic heterocycles. The minimum Gasteiger partial charge on any atom is -0.493 e. The number of ether oxygens (including phenoxy) is 2. The van der Waals surface area contributed by atoms with Crippen LogP contribution in [-0.2, 0) is 9.59 Å². The van der Waals surface area contributed by atoms with Crippen LogP contribution in [-0.4, -0.2) is 43.2 Å². The van der Waals surface area contributed by atoms with Crippen LogP contribution in [0.1, 0.15) is 43.0 Å².